The fourth-order valence-corrected chi connectivity index (χ4v) is 2.24. The molecule has 0 aromatic carbocycles. The van der Waals surface area contributed by atoms with Crippen molar-refractivity contribution in [2.45, 2.75) is 26.1 Å². The average Bonchev–Trinajstić information content (AvgIpc) is 2.41. The molecule has 0 aliphatic heterocycles. The van der Waals surface area contributed by atoms with Crippen LogP contribution in [-0.2, 0) is 6.18 Å². The second-order valence-corrected chi connectivity index (χ2v) is 4.27. The van der Waals surface area contributed by atoms with Crippen LogP contribution in [0.25, 0.3) is 0 Å². The standard InChI is InChI=1S/C8H8F3NO3S/c1-3(2)12-5(8(9,10)11)4(6(13)14)16-7(12)15/h3H,1-2H3,(H,13,14). The minimum absolute atomic E-state index is 0.0922. The van der Waals surface area contributed by atoms with Crippen LogP contribution in [-0.4, -0.2) is 15.6 Å². The summed E-state index contributed by atoms with van der Waals surface area (Å²) in [7, 11) is 0. The fraction of sp³-hybridized carbons (Fsp3) is 0.500. The van der Waals surface area contributed by atoms with Crippen LogP contribution in [0.15, 0.2) is 4.79 Å². The molecule has 0 radical (unpaired) electrons. The summed E-state index contributed by atoms with van der Waals surface area (Å²) in [6, 6.07) is -0.742. The lowest BCUT2D eigenvalue weighted by molar-refractivity contribution is -0.144. The second kappa shape index (κ2) is 3.93. The van der Waals surface area contributed by atoms with Gasteiger partial charge in [-0.3, -0.25) is 9.36 Å². The Balaban J connectivity index is 3.63. The van der Waals surface area contributed by atoms with Crippen molar-refractivity contribution in [2.24, 2.45) is 0 Å². The number of aromatic nitrogens is 1. The van der Waals surface area contributed by atoms with Crippen LogP contribution in [0.3, 0.4) is 0 Å². The molecule has 1 aromatic rings. The molecule has 0 bridgehead atoms. The van der Waals surface area contributed by atoms with E-state index in [1.54, 1.807) is 0 Å². The number of halogens is 3. The third-order valence-corrected chi connectivity index (χ3v) is 2.76. The van der Waals surface area contributed by atoms with E-state index in [2.05, 4.69) is 0 Å². The molecule has 90 valence electrons. The van der Waals surface area contributed by atoms with E-state index >= 15 is 0 Å². The lowest BCUT2D eigenvalue weighted by Gasteiger charge is -2.14. The molecule has 0 saturated heterocycles. The van der Waals surface area contributed by atoms with Crippen molar-refractivity contribution in [1.29, 1.82) is 0 Å². The Bertz CT molecular complexity index is 472. The van der Waals surface area contributed by atoms with E-state index in [0.29, 0.717) is 4.57 Å². The van der Waals surface area contributed by atoms with Gasteiger partial charge in [-0.25, -0.2) is 4.79 Å². The van der Waals surface area contributed by atoms with Crippen molar-refractivity contribution >= 4 is 17.3 Å². The van der Waals surface area contributed by atoms with Gasteiger partial charge in [0.1, 0.15) is 4.88 Å². The maximum absolute atomic E-state index is 12.6. The van der Waals surface area contributed by atoms with Crippen molar-refractivity contribution in [2.75, 3.05) is 0 Å². The van der Waals surface area contributed by atoms with E-state index in [9.17, 15) is 22.8 Å². The highest BCUT2D eigenvalue weighted by Crippen LogP contribution is 2.34. The Labute approximate surface area is 91.9 Å². The van der Waals surface area contributed by atoms with Gasteiger partial charge in [0, 0.05) is 6.04 Å². The highest BCUT2D eigenvalue weighted by molar-refractivity contribution is 7.11. The highest BCUT2D eigenvalue weighted by Gasteiger charge is 2.41. The molecule has 0 saturated carbocycles. The summed E-state index contributed by atoms with van der Waals surface area (Å²) in [5, 5.41) is 8.61. The predicted octanol–water partition coefficient (Wildman–Crippen LogP) is 2.21. The third-order valence-electron chi connectivity index (χ3n) is 1.82. The van der Waals surface area contributed by atoms with Gasteiger partial charge in [0.2, 0.25) is 0 Å². The molecule has 0 unspecified atom stereocenters. The first-order chi connectivity index (χ1) is 7.16. The average molecular weight is 255 g/mol. The lowest BCUT2D eigenvalue weighted by Crippen LogP contribution is -2.24. The molecule has 1 aromatic heterocycles. The van der Waals surface area contributed by atoms with Crippen molar-refractivity contribution in [1.82, 2.24) is 4.57 Å². The van der Waals surface area contributed by atoms with Crippen molar-refractivity contribution < 1.29 is 23.1 Å². The zero-order chi connectivity index (χ0) is 12.7. The van der Waals surface area contributed by atoms with Crippen LogP contribution in [0.2, 0.25) is 0 Å². The Morgan fingerprint density at radius 3 is 2.25 bits per heavy atom. The number of hydrogen-bond donors (Lipinski definition) is 1. The minimum Gasteiger partial charge on any atom is -0.477 e. The number of thiazole rings is 1. The zero-order valence-corrected chi connectivity index (χ0v) is 9.15. The summed E-state index contributed by atoms with van der Waals surface area (Å²) in [5.41, 5.74) is -1.38. The van der Waals surface area contributed by atoms with Crippen LogP contribution in [0, 0.1) is 0 Å². The summed E-state index contributed by atoms with van der Waals surface area (Å²) in [4.78, 5) is 20.0. The first-order valence-corrected chi connectivity index (χ1v) is 5.03. The number of carbonyl (C=O) groups is 1. The van der Waals surface area contributed by atoms with Gasteiger partial charge in [-0.15, -0.1) is 0 Å². The van der Waals surface area contributed by atoms with Gasteiger partial charge < -0.3 is 5.11 Å². The summed E-state index contributed by atoms with van der Waals surface area (Å²) < 4.78 is 38.3. The van der Waals surface area contributed by atoms with Gasteiger partial charge in [-0.05, 0) is 13.8 Å². The van der Waals surface area contributed by atoms with Gasteiger partial charge in [-0.2, -0.15) is 13.2 Å². The summed E-state index contributed by atoms with van der Waals surface area (Å²) in [5.74, 6) is -1.74. The Morgan fingerprint density at radius 1 is 1.44 bits per heavy atom. The van der Waals surface area contributed by atoms with E-state index < -0.39 is 33.6 Å². The molecule has 1 N–H and O–H groups in total. The Kier molecular flexibility index (Phi) is 3.13. The first-order valence-electron chi connectivity index (χ1n) is 4.22. The van der Waals surface area contributed by atoms with E-state index in [4.69, 9.17) is 5.11 Å². The molecule has 1 heterocycles. The van der Waals surface area contributed by atoms with Gasteiger partial charge >= 0.3 is 17.0 Å². The minimum atomic E-state index is -4.85. The van der Waals surface area contributed by atoms with Crippen LogP contribution in [0.5, 0.6) is 0 Å². The van der Waals surface area contributed by atoms with Crippen LogP contribution in [0.4, 0.5) is 13.2 Å². The number of carboxylic acid groups (broad SMARTS) is 1. The normalized spacial score (nSPS) is 12.1. The zero-order valence-electron chi connectivity index (χ0n) is 8.33. The molecule has 0 fully saturated rings. The molecule has 0 aliphatic rings. The number of alkyl halides is 3. The molecule has 16 heavy (non-hydrogen) atoms. The molecule has 8 heteroatoms. The van der Waals surface area contributed by atoms with Gasteiger partial charge in [0.25, 0.3) is 0 Å². The molecule has 0 aliphatic carbocycles. The fourth-order valence-electron chi connectivity index (χ4n) is 1.26. The van der Waals surface area contributed by atoms with Gasteiger partial charge in [-0.1, -0.05) is 11.3 Å². The Morgan fingerprint density at radius 2 is 1.94 bits per heavy atom. The van der Waals surface area contributed by atoms with E-state index in [1.165, 1.54) is 13.8 Å². The number of carboxylic acids is 1. The third kappa shape index (κ3) is 2.11. The van der Waals surface area contributed by atoms with Gasteiger partial charge in [0.05, 0.1) is 0 Å². The highest BCUT2D eigenvalue weighted by atomic mass is 32.1. The number of aromatic carboxylic acids is 1. The quantitative estimate of drug-likeness (QED) is 0.881. The molecule has 0 spiro atoms. The summed E-state index contributed by atoms with van der Waals surface area (Å²) in [6.45, 7) is 2.77. The molecular formula is C8H8F3NO3S. The van der Waals surface area contributed by atoms with Crippen LogP contribution >= 0.6 is 11.3 Å². The molecule has 1 rings (SSSR count). The largest absolute Gasteiger partial charge is 0.477 e. The number of rotatable bonds is 2. The molecule has 0 amide bonds. The monoisotopic (exact) mass is 255 g/mol. The lowest BCUT2D eigenvalue weighted by atomic mass is 10.3. The second-order valence-electron chi connectivity index (χ2n) is 3.31. The topological polar surface area (TPSA) is 59.3 Å². The van der Waals surface area contributed by atoms with Crippen molar-refractivity contribution in [3.63, 3.8) is 0 Å². The van der Waals surface area contributed by atoms with Crippen LogP contribution in [0.1, 0.15) is 35.3 Å². The molecule has 0 atom stereocenters. The van der Waals surface area contributed by atoms with Gasteiger partial charge in [0.15, 0.2) is 5.69 Å². The maximum atomic E-state index is 12.6. The Hall–Kier alpha value is -1.31. The van der Waals surface area contributed by atoms with Crippen molar-refractivity contribution in [3.05, 3.63) is 20.2 Å². The summed E-state index contributed by atoms with van der Waals surface area (Å²) >= 11 is 0.0922. The maximum Gasteiger partial charge on any atom is 0.433 e. The van der Waals surface area contributed by atoms with E-state index in [-0.39, 0.29) is 11.3 Å². The SMILES string of the molecule is CC(C)n1c(C(F)(F)F)c(C(=O)O)sc1=O. The predicted molar refractivity (Wildman–Crippen MR) is 50.9 cm³/mol. The van der Waals surface area contributed by atoms with E-state index in [1.807, 2.05) is 0 Å². The smallest absolute Gasteiger partial charge is 0.433 e. The molecular weight excluding hydrogens is 247 g/mol. The van der Waals surface area contributed by atoms with Crippen molar-refractivity contribution in [3.8, 4) is 0 Å². The van der Waals surface area contributed by atoms with Crippen LogP contribution < -0.4 is 4.87 Å². The molecule has 4 nitrogen and oxygen atoms in total. The number of hydrogen-bond acceptors (Lipinski definition) is 3. The number of nitrogens with zero attached hydrogens (tertiary/aromatic N) is 1. The van der Waals surface area contributed by atoms with E-state index in [0.717, 1.165) is 0 Å². The first kappa shape index (κ1) is 12.8. The summed E-state index contributed by atoms with van der Waals surface area (Å²) in [6.07, 6.45) is -4.85.